The van der Waals surface area contributed by atoms with Crippen LogP contribution in [0.4, 0.5) is 5.82 Å². The number of rotatable bonds is 3. The summed E-state index contributed by atoms with van der Waals surface area (Å²) in [5, 5.41) is 8.52. The van der Waals surface area contributed by atoms with E-state index in [2.05, 4.69) is 29.1 Å². The number of nitrogens with two attached hydrogens (primary N) is 1. The third-order valence-electron chi connectivity index (χ3n) is 2.67. The van der Waals surface area contributed by atoms with Crippen LogP contribution in [0.25, 0.3) is 0 Å². The molecule has 2 heterocycles. The normalized spacial score (nSPS) is 11.4. The third-order valence-corrected chi connectivity index (χ3v) is 3.02. The van der Waals surface area contributed by atoms with Crippen LogP contribution in [-0.4, -0.2) is 24.5 Å². The fraction of sp³-hybridized carbons (Fsp3) is 0.500. The zero-order valence-electron chi connectivity index (χ0n) is 10.1. The monoisotopic (exact) mass is 254 g/mol. The van der Waals surface area contributed by atoms with E-state index in [9.17, 15) is 0 Å². The van der Waals surface area contributed by atoms with Gasteiger partial charge in [0.05, 0.1) is 11.9 Å². The Bertz CT molecular complexity index is 527. The number of imidazole rings is 1. The van der Waals surface area contributed by atoms with E-state index in [4.69, 9.17) is 17.3 Å². The van der Waals surface area contributed by atoms with Crippen molar-refractivity contribution in [3.63, 3.8) is 0 Å². The number of anilines is 1. The van der Waals surface area contributed by atoms with Crippen LogP contribution in [0.15, 0.2) is 6.20 Å². The lowest BCUT2D eigenvalue weighted by Crippen LogP contribution is -2.12. The van der Waals surface area contributed by atoms with Gasteiger partial charge in [0.2, 0.25) is 0 Å². The molecule has 0 unspecified atom stereocenters. The van der Waals surface area contributed by atoms with Crippen molar-refractivity contribution in [2.75, 3.05) is 5.73 Å². The summed E-state index contributed by atoms with van der Waals surface area (Å²) >= 11 is 5.93. The molecule has 92 valence electrons. The molecular weight excluding hydrogens is 240 g/mol. The lowest BCUT2D eigenvalue weighted by molar-refractivity contribution is 0.568. The second-order valence-electron chi connectivity index (χ2n) is 4.23. The van der Waals surface area contributed by atoms with Crippen LogP contribution >= 0.6 is 11.6 Å². The Hall–Kier alpha value is -1.56. The molecule has 2 rings (SSSR count). The van der Waals surface area contributed by atoms with Crippen molar-refractivity contribution in [2.24, 2.45) is 7.05 Å². The van der Waals surface area contributed by atoms with Crippen LogP contribution in [0.5, 0.6) is 0 Å². The maximum atomic E-state index is 5.93. The van der Waals surface area contributed by atoms with E-state index in [1.807, 2.05) is 11.6 Å². The Balaban J connectivity index is 2.33. The molecule has 17 heavy (non-hydrogen) atoms. The maximum absolute atomic E-state index is 5.93. The molecule has 0 saturated heterocycles. The van der Waals surface area contributed by atoms with Crippen molar-refractivity contribution in [1.82, 2.24) is 24.5 Å². The first-order chi connectivity index (χ1) is 8.00. The largest absolute Gasteiger partial charge is 0.381 e. The van der Waals surface area contributed by atoms with Crippen LogP contribution in [0.2, 0.25) is 5.15 Å². The van der Waals surface area contributed by atoms with E-state index in [0.29, 0.717) is 17.5 Å². The molecule has 6 nitrogen and oxygen atoms in total. The maximum Gasteiger partial charge on any atom is 0.169 e. The predicted octanol–water partition coefficient (Wildman–Crippen LogP) is 1.42. The highest BCUT2D eigenvalue weighted by molar-refractivity contribution is 6.29. The Labute approximate surface area is 104 Å². The molecule has 2 aromatic rings. The molecule has 0 atom stereocenters. The first-order valence-corrected chi connectivity index (χ1v) is 5.73. The number of halogens is 1. The second-order valence-corrected chi connectivity index (χ2v) is 4.62. The number of nitrogen functional groups attached to an aromatic ring is 1. The molecule has 0 aromatic carbocycles. The quantitative estimate of drug-likeness (QED) is 0.899. The molecule has 0 saturated carbocycles. The zero-order chi connectivity index (χ0) is 12.6. The highest BCUT2D eigenvalue weighted by Crippen LogP contribution is 2.20. The van der Waals surface area contributed by atoms with Gasteiger partial charge < -0.3 is 10.3 Å². The molecular formula is C10H15ClN6. The summed E-state index contributed by atoms with van der Waals surface area (Å²) in [5.41, 5.74) is 6.71. The molecule has 2 N–H and O–H groups in total. The topological polar surface area (TPSA) is 74.6 Å². The van der Waals surface area contributed by atoms with Crippen LogP contribution in [-0.2, 0) is 13.6 Å². The van der Waals surface area contributed by atoms with Gasteiger partial charge in [-0.2, -0.15) is 0 Å². The average Bonchev–Trinajstić information content (AvgIpc) is 2.77. The first kappa shape index (κ1) is 11.9. The number of aromatic nitrogens is 5. The SMILES string of the molecule is CC(C)c1c(N)nnn1Cc1ncc(Cl)n1C. The molecule has 0 spiro atoms. The first-order valence-electron chi connectivity index (χ1n) is 5.35. The van der Waals surface area contributed by atoms with Crippen LogP contribution in [0.3, 0.4) is 0 Å². The van der Waals surface area contributed by atoms with Gasteiger partial charge in [0.25, 0.3) is 0 Å². The molecule has 2 aromatic heterocycles. The van der Waals surface area contributed by atoms with Crippen molar-refractivity contribution in [2.45, 2.75) is 26.3 Å². The molecule has 0 amide bonds. The number of nitrogens with zero attached hydrogens (tertiary/aromatic N) is 5. The van der Waals surface area contributed by atoms with Crippen molar-refractivity contribution in [1.29, 1.82) is 0 Å². The fourth-order valence-electron chi connectivity index (χ4n) is 1.75. The molecule has 0 aliphatic heterocycles. The summed E-state index contributed by atoms with van der Waals surface area (Å²) < 4.78 is 3.57. The van der Waals surface area contributed by atoms with Gasteiger partial charge >= 0.3 is 0 Å². The van der Waals surface area contributed by atoms with Crippen LogP contribution < -0.4 is 5.73 Å². The highest BCUT2D eigenvalue weighted by Gasteiger charge is 2.15. The summed E-state index contributed by atoms with van der Waals surface area (Å²) in [4.78, 5) is 4.22. The van der Waals surface area contributed by atoms with Gasteiger partial charge in [-0.05, 0) is 5.92 Å². The van der Waals surface area contributed by atoms with Crippen molar-refractivity contribution in [3.8, 4) is 0 Å². The standard InChI is InChI=1S/C10H15ClN6/c1-6(2)9-10(12)14-15-17(9)5-8-13-4-7(11)16(8)3/h4,6H,5,12H2,1-3H3. The Morgan fingerprint density at radius 3 is 2.71 bits per heavy atom. The highest BCUT2D eigenvalue weighted by atomic mass is 35.5. The fourth-order valence-corrected chi connectivity index (χ4v) is 1.90. The van der Waals surface area contributed by atoms with Gasteiger partial charge in [-0.15, -0.1) is 5.10 Å². The summed E-state index contributed by atoms with van der Waals surface area (Å²) in [7, 11) is 1.86. The minimum atomic E-state index is 0.265. The van der Waals surface area contributed by atoms with E-state index in [-0.39, 0.29) is 5.92 Å². The second kappa shape index (κ2) is 4.37. The molecule has 7 heteroatoms. The summed E-state index contributed by atoms with van der Waals surface area (Å²) in [5.74, 6) is 1.56. The lowest BCUT2D eigenvalue weighted by atomic mass is 10.1. The van der Waals surface area contributed by atoms with Gasteiger partial charge in [-0.25, -0.2) is 9.67 Å². The van der Waals surface area contributed by atoms with E-state index < -0.39 is 0 Å². The van der Waals surface area contributed by atoms with Gasteiger partial charge in [-0.1, -0.05) is 30.7 Å². The van der Waals surface area contributed by atoms with E-state index in [1.54, 1.807) is 10.9 Å². The van der Waals surface area contributed by atoms with Crippen LogP contribution in [0, 0.1) is 0 Å². The van der Waals surface area contributed by atoms with Gasteiger partial charge in [0, 0.05) is 7.05 Å². The van der Waals surface area contributed by atoms with Gasteiger partial charge in [0.1, 0.15) is 17.5 Å². The third kappa shape index (κ3) is 2.12. The van der Waals surface area contributed by atoms with E-state index in [0.717, 1.165) is 11.5 Å². The predicted molar refractivity (Wildman–Crippen MR) is 65.8 cm³/mol. The molecule has 0 bridgehead atoms. The van der Waals surface area contributed by atoms with Gasteiger partial charge in [0.15, 0.2) is 5.82 Å². The number of hydrogen-bond donors (Lipinski definition) is 1. The average molecular weight is 255 g/mol. The van der Waals surface area contributed by atoms with Crippen molar-refractivity contribution >= 4 is 17.4 Å². The number of hydrogen-bond acceptors (Lipinski definition) is 4. The Morgan fingerprint density at radius 1 is 1.47 bits per heavy atom. The molecule has 0 aliphatic rings. The minimum Gasteiger partial charge on any atom is -0.381 e. The Kier molecular flexibility index (Phi) is 3.06. The lowest BCUT2D eigenvalue weighted by Gasteiger charge is -2.09. The summed E-state index contributed by atoms with van der Waals surface area (Å²) in [6, 6.07) is 0. The van der Waals surface area contributed by atoms with Crippen molar-refractivity contribution < 1.29 is 0 Å². The van der Waals surface area contributed by atoms with Gasteiger partial charge in [-0.3, -0.25) is 0 Å². The summed E-state index contributed by atoms with van der Waals surface area (Å²) in [6.07, 6.45) is 1.62. The van der Waals surface area contributed by atoms with E-state index in [1.165, 1.54) is 0 Å². The molecule has 0 fully saturated rings. The smallest absolute Gasteiger partial charge is 0.169 e. The minimum absolute atomic E-state index is 0.265. The van der Waals surface area contributed by atoms with E-state index >= 15 is 0 Å². The Morgan fingerprint density at radius 2 is 2.18 bits per heavy atom. The molecule has 0 aliphatic carbocycles. The zero-order valence-corrected chi connectivity index (χ0v) is 10.8. The molecule has 0 radical (unpaired) electrons. The summed E-state index contributed by atoms with van der Waals surface area (Å²) in [6.45, 7) is 4.62. The van der Waals surface area contributed by atoms with Crippen LogP contribution in [0.1, 0.15) is 31.3 Å². The van der Waals surface area contributed by atoms with Crippen molar-refractivity contribution in [3.05, 3.63) is 22.9 Å².